The Balaban J connectivity index is 4.03. The Morgan fingerprint density at radius 1 is 0.400 bits per heavy atom. The molecule has 0 saturated heterocycles. The van der Waals surface area contributed by atoms with Crippen LogP contribution in [0.2, 0.25) is 0 Å². The average molecular weight is 1140 g/mol. The predicted molar refractivity (Wildman–Crippen MR) is 344 cm³/mol. The molecule has 0 radical (unpaired) electrons. The van der Waals surface area contributed by atoms with Crippen molar-refractivity contribution >= 4 is 19.8 Å². The van der Waals surface area contributed by atoms with Gasteiger partial charge in [-0.2, -0.15) is 0 Å². The largest absolute Gasteiger partial charge is 0.472 e. The van der Waals surface area contributed by atoms with Crippen molar-refractivity contribution in [3.8, 4) is 0 Å². The van der Waals surface area contributed by atoms with Gasteiger partial charge in [0.2, 0.25) is 0 Å². The molecule has 80 heavy (non-hydrogen) atoms. The van der Waals surface area contributed by atoms with E-state index in [1.165, 1.54) is 193 Å². The van der Waals surface area contributed by atoms with E-state index >= 15 is 0 Å². The SMILES string of the molecule is CC/C=C\C/C=C\C/C=C\C/C=C\C/C=C\CCCCCCCCCCCCCCCCCCCCCC(=O)OC(COC(=O)CCCCCCCCCCC/C=C\C/C=C\CCCCCCC)COP(=O)(O)OCC[N+](C)(C)C. The summed E-state index contributed by atoms with van der Waals surface area (Å²) in [4.78, 5) is 35.8. The number of nitrogens with zero attached hydrogens (tertiary/aromatic N) is 1. The lowest BCUT2D eigenvalue weighted by molar-refractivity contribution is -0.870. The van der Waals surface area contributed by atoms with Crippen LogP contribution >= 0.6 is 7.82 Å². The molecule has 9 nitrogen and oxygen atoms in total. The maximum atomic E-state index is 12.9. The van der Waals surface area contributed by atoms with Gasteiger partial charge in [0.25, 0.3) is 0 Å². The Morgan fingerprint density at radius 2 is 0.713 bits per heavy atom. The average Bonchev–Trinajstić information content (AvgIpc) is 3.42. The summed E-state index contributed by atoms with van der Waals surface area (Å²) in [6.07, 6.45) is 82.5. The zero-order valence-corrected chi connectivity index (χ0v) is 53.7. The Bertz CT molecular complexity index is 1630. The highest BCUT2D eigenvalue weighted by Gasteiger charge is 2.27. The molecule has 0 spiro atoms. The fourth-order valence-electron chi connectivity index (χ4n) is 9.31. The van der Waals surface area contributed by atoms with E-state index in [1.807, 2.05) is 21.1 Å². The second-order valence-electron chi connectivity index (χ2n) is 23.5. The van der Waals surface area contributed by atoms with Crippen LogP contribution in [-0.4, -0.2) is 74.9 Å². The second-order valence-corrected chi connectivity index (χ2v) is 24.9. The lowest BCUT2D eigenvalue weighted by Crippen LogP contribution is -2.37. The number of phosphoric ester groups is 1. The van der Waals surface area contributed by atoms with Crippen molar-refractivity contribution in [2.24, 2.45) is 0 Å². The Labute approximate surface area is 494 Å². The first-order valence-corrected chi connectivity index (χ1v) is 34.8. The molecule has 0 saturated carbocycles. The Kier molecular flexibility index (Phi) is 58.6. The molecule has 0 amide bonds. The molecular weight excluding hydrogens is 1010 g/mol. The molecule has 0 rings (SSSR count). The third kappa shape index (κ3) is 64.4. The summed E-state index contributed by atoms with van der Waals surface area (Å²) in [6.45, 7) is 4.34. The molecule has 2 unspecified atom stereocenters. The normalized spacial score (nSPS) is 13.7. The van der Waals surface area contributed by atoms with E-state index in [0.717, 1.165) is 70.6 Å². The van der Waals surface area contributed by atoms with Crippen LogP contribution < -0.4 is 0 Å². The lowest BCUT2D eigenvalue weighted by atomic mass is 10.0. The number of esters is 2. The van der Waals surface area contributed by atoms with Gasteiger partial charge in [0, 0.05) is 12.8 Å². The van der Waals surface area contributed by atoms with Gasteiger partial charge in [-0.05, 0) is 89.9 Å². The fraction of sp³-hybridized carbons (Fsp3) is 0.771. The van der Waals surface area contributed by atoms with Crippen molar-refractivity contribution in [3.63, 3.8) is 0 Å². The van der Waals surface area contributed by atoms with Gasteiger partial charge in [0.1, 0.15) is 19.8 Å². The van der Waals surface area contributed by atoms with E-state index in [9.17, 15) is 19.0 Å². The summed E-state index contributed by atoms with van der Waals surface area (Å²) < 4.78 is 34.7. The van der Waals surface area contributed by atoms with E-state index in [1.54, 1.807) is 0 Å². The number of hydrogen-bond donors (Lipinski definition) is 1. The fourth-order valence-corrected chi connectivity index (χ4v) is 10.1. The van der Waals surface area contributed by atoms with Gasteiger partial charge in [-0.3, -0.25) is 18.6 Å². The molecule has 0 heterocycles. The van der Waals surface area contributed by atoms with Gasteiger partial charge in [-0.15, -0.1) is 0 Å². The molecule has 2 atom stereocenters. The number of carbonyl (C=O) groups is 2. The molecule has 0 bridgehead atoms. The topological polar surface area (TPSA) is 108 Å². The number of carbonyl (C=O) groups excluding carboxylic acids is 2. The number of allylic oxidation sites excluding steroid dienone is 14. The number of rotatable bonds is 61. The molecular formula is C70H127NO8P+. The van der Waals surface area contributed by atoms with Gasteiger partial charge in [0.15, 0.2) is 6.10 Å². The van der Waals surface area contributed by atoms with E-state index in [-0.39, 0.29) is 32.0 Å². The highest BCUT2D eigenvalue weighted by Crippen LogP contribution is 2.43. The van der Waals surface area contributed by atoms with E-state index < -0.39 is 26.5 Å². The van der Waals surface area contributed by atoms with Crippen molar-refractivity contribution in [3.05, 3.63) is 85.1 Å². The second kappa shape index (κ2) is 60.8. The predicted octanol–water partition coefficient (Wildman–Crippen LogP) is 21.4. The van der Waals surface area contributed by atoms with Crippen molar-refractivity contribution < 1.29 is 42.1 Å². The van der Waals surface area contributed by atoms with Crippen LogP contribution in [0.4, 0.5) is 0 Å². The van der Waals surface area contributed by atoms with Gasteiger partial charge in [-0.25, -0.2) is 4.57 Å². The highest BCUT2D eigenvalue weighted by molar-refractivity contribution is 7.47. The van der Waals surface area contributed by atoms with Crippen molar-refractivity contribution in [1.29, 1.82) is 0 Å². The third-order valence-corrected chi connectivity index (χ3v) is 15.4. The zero-order valence-electron chi connectivity index (χ0n) is 52.8. The van der Waals surface area contributed by atoms with Crippen molar-refractivity contribution in [1.82, 2.24) is 0 Å². The minimum absolute atomic E-state index is 0.0299. The van der Waals surface area contributed by atoms with Crippen LogP contribution in [0.1, 0.15) is 296 Å². The van der Waals surface area contributed by atoms with Gasteiger partial charge in [-0.1, -0.05) is 279 Å². The number of unbranched alkanes of at least 4 members (excludes halogenated alkanes) is 33. The molecule has 10 heteroatoms. The first-order chi connectivity index (χ1) is 39.0. The van der Waals surface area contributed by atoms with Crippen molar-refractivity contribution in [2.45, 2.75) is 302 Å². The third-order valence-electron chi connectivity index (χ3n) is 14.4. The summed E-state index contributed by atoms with van der Waals surface area (Å²) in [5.41, 5.74) is 0. The smallest absolute Gasteiger partial charge is 0.462 e. The quantitative estimate of drug-likeness (QED) is 0.0211. The van der Waals surface area contributed by atoms with Crippen LogP contribution in [0.5, 0.6) is 0 Å². The Morgan fingerprint density at radius 3 is 1.06 bits per heavy atom. The van der Waals surface area contributed by atoms with Crippen LogP contribution in [0.15, 0.2) is 85.1 Å². The standard InChI is InChI=1S/C70H126NO8P/c1-6-8-10-12-14-16-18-20-22-24-26-28-29-30-31-32-33-34-35-36-37-38-39-40-41-43-45-47-49-51-53-55-57-59-61-63-70(73)79-68(67-78-80(74,75)77-65-64-71(3,4)5)66-76-69(72)62-60-58-56-54-52-50-48-46-44-42-27-25-23-21-19-17-15-13-11-9-7-2/h8,10,14,16,19-22,25-28,30-31,68H,6-7,9,11-13,15,17-18,23-24,29,32-67H2,1-5H3/p+1/b10-8-,16-14-,21-19-,22-20-,27-25-,28-26-,31-30-. The lowest BCUT2D eigenvalue weighted by Gasteiger charge is -2.24. The minimum Gasteiger partial charge on any atom is -0.462 e. The number of quaternary nitrogens is 1. The molecule has 0 aromatic heterocycles. The first kappa shape index (κ1) is 77.2. The van der Waals surface area contributed by atoms with Crippen LogP contribution in [0.3, 0.4) is 0 Å². The van der Waals surface area contributed by atoms with Gasteiger partial charge < -0.3 is 18.9 Å². The van der Waals surface area contributed by atoms with Crippen LogP contribution in [0, 0.1) is 0 Å². The number of likely N-dealkylation sites (N-methyl/N-ethyl adjacent to an activating group) is 1. The molecule has 464 valence electrons. The monoisotopic (exact) mass is 1140 g/mol. The minimum atomic E-state index is -4.39. The molecule has 0 aromatic rings. The maximum absolute atomic E-state index is 12.9. The van der Waals surface area contributed by atoms with Gasteiger partial charge in [0.05, 0.1) is 27.7 Å². The van der Waals surface area contributed by atoms with E-state index in [2.05, 4.69) is 98.9 Å². The zero-order chi connectivity index (χ0) is 58.4. The summed E-state index contributed by atoms with van der Waals surface area (Å²) in [7, 11) is 1.48. The number of ether oxygens (including phenoxy) is 2. The Hall–Kier alpha value is -2.81. The summed E-state index contributed by atoms with van der Waals surface area (Å²) in [6, 6.07) is 0. The summed E-state index contributed by atoms with van der Waals surface area (Å²) in [5.74, 6) is -0.793. The van der Waals surface area contributed by atoms with Crippen LogP contribution in [-0.2, 0) is 32.7 Å². The molecule has 0 fully saturated rings. The molecule has 0 aliphatic heterocycles. The molecule has 0 aliphatic rings. The summed E-state index contributed by atoms with van der Waals surface area (Å²) >= 11 is 0. The van der Waals surface area contributed by atoms with E-state index in [4.69, 9.17) is 18.5 Å². The number of hydrogen-bond acceptors (Lipinski definition) is 7. The first-order valence-electron chi connectivity index (χ1n) is 33.3. The van der Waals surface area contributed by atoms with Crippen molar-refractivity contribution in [2.75, 3.05) is 47.5 Å². The molecule has 0 aliphatic carbocycles. The van der Waals surface area contributed by atoms with E-state index in [0.29, 0.717) is 17.4 Å². The highest BCUT2D eigenvalue weighted by atomic mass is 31.2. The maximum Gasteiger partial charge on any atom is 0.472 e. The summed E-state index contributed by atoms with van der Waals surface area (Å²) in [5, 5.41) is 0. The number of phosphoric acid groups is 1. The van der Waals surface area contributed by atoms with Gasteiger partial charge >= 0.3 is 19.8 Å². The molecule has 1 N–H and O–H groups in total. The molecule has 0 aromatic carbocycles. The van der Waals surface area contributed by atoms with Crippen LogP contribution in [0.25, 0.3) is 0 Å².